The molecule has 1 amide bonds. The molecule has 1 aromatic heterocycles. The first-order chi connectivity index (χ1) is 14.4. The largest absolute Gasteiger partial charge is 0.496 e. The van der Waals surface area contributed by atoms with Gasteiger partial charge in [0.1, 0.15) is 16.0 Å². The maximum atomic E-state index is 13.2. The quantitative estimate of drug-likeness (QED) is 0.591. The number of rotatable bonds is 5. The maximum Gasteiger partial charge on any atom is 0.253 e. The van der Waals surface area contributed by atoms with Gasteiger partial charge >= 0.3 is 0 Å². The van der Waals surface area contributed by atoms with E-state index in [1.165, 1.54) is 10.4 Å². The van der Waals surface area contributed by atoms with Crippen LogP contribution in [-0.4, -0.2) is 38.3 Å². The van der Waals surface area contributed by atoms with Gasteiger partial charge in [-0.1, -0.05) is 42.3 Å². The molecular formula is C21H21ClN2O4S2. The Bertz CT molecular complexity index is 1190. The van der Waals surface area contributed by atoms with Gasteiger partial charge in [-0.25, -0.2) is 8.42 Å². The number of amides is 1. The summed E-state index contributed by atoms with van der Waals surface area (Å²) in [6.45, 7) is 0.305. The van der Waals surface area contributed by atoms with Crippen LogP contribution in [0, 0.1) is 0 Å². The summed E-state index contributed by atoms with van der Waals surface area (Å²) < 4.78 is 33.6. The number of hydrogen-bond donors (Lipinski definition) is 1. The van der Waals surface area contributed by atoms with E-state index < -0.39 is 16.1 Å². The lowest BCUT2D eigenvalue weighted by molar-refractivity contribution is -0.120. The molecule has 0 radical (unpaired) electrons. The minimum Gasteiger partial charge on any atom is -0.496 e. The van der Waals surface area contributed by atoms with E-state index in [9.17, 15) is 13.2 Å². The highest BCUT2D eigenvalue weighted by molar-refractivity contribution is 7.91. The highest BCUT2D eigenvalue weighted by atomic mass is 35.5. The Morgan fingerprint density at radius 3 is 2.60 bits per heavy atom. The average molecular weight is 465 g/mol. The fourth-order valence-electron chi connectivity index (χ4n) is 3.78. The fraction of sp³-hybridized carbons (Fsp3) is 0.286. The number of anilines is 1. The highest BCUT2D eigenvalue weighted by Gasteiger charge is 2.38. The van der Waals surface area contributed by atoms with Crippen LogP contribution >= 0.6 is 22.9 Å². The lowest BCUT2D eigenvalue weighted by Gasteiger charge is -2.33. The zero-order chi connectivity index (χ0) is 21.3. The molecule has 0 bridgehead atoms. The lowest BCUT2D eigenvalue weighted by Crippen LogP contribution is -2.49. The molecule has 1 fully saturated rings. The Kier molecular flexibility index (Phi) is 6.02. The summed E-state index contributed by atoms with van der Waals surface area (Å²) >= 11 is 6.94. The first kappa shape index (κ1) is 21.1. The minimum absolute atomic E-state index is 0.155. The molecule has 1 aliphatic rings. The predicted octanol–water partition coefficient (Wildman–Crippen LogP) is 4.75. The minimum atomic E-state index is -3.79. The third-order valence-corrected chi connectivity index (χ3v) is 8.84. The molecule has 2 aromatic carbocycles. The van der Waals surface area contributed by atoms with Crippen molar-refractivity contribution in [1.29, 1.82) is 0 Å². The molecule has 30 heavy (non-hydrogen) atoms. The molecule has 0 spiro atoms. The SMILES string of the molecule is COc1ccc(NC(=O)C2CCCCN2S(=O)(=O)c2ccc(Cl)s2)c2ccccc12. The van der Waals surface area contributed by atoms with Crippen molar-refractivity contribution in [2.45, 2.75) is 29.5 Å². The van der Waals surface area contributed by atoms with Gasteiger partial charge in [0.15, 0.2) is 0 Å². The van der Waals surface area contributed by atoms with Crippen LogP contribution in [0.4, 0.5) is 5.69 Å². The first-order valence-corrected chi connectivity index (χ1v) is 12.2. The molecule has 1 atom stereocenters. The topological polar surface area (TPSA) is 75.7 Å². The number of fused-ring (bicyclic) bond motifs is 1. The number of carbonyl (C=O) groups is 1. The van der Waals surface area contributed by atoms with Crippen LogP contribution in [-0.2, 0) is 14.8 Å². The molecule has 0 aliphatic carbocycles. The molecule has 6 nitrogen and oxygen atoms in total. The fourth-order valence-corrected chi connectivity index (χ4v) is 7.05. The van der Waals surface area contributed by atoms with E-state index in [0.29, 0.717) is 35.2 Å². The number of sulfonamides is 1. The van der Waals surface area contributed by atoms with Gasteiger partial charge in [0, 0.05) is 23.0 Å². The number of halogens is 1. The van der Waals surface area contributed by atoms with Crippen molar-refractivity contribution in [2.75, 3.05) is 19.0 Å². The van der Waals surface area contributed by atoms with Crippen molar-refractivity contribution in [2.24, 2.45) is 0 Å². The van der Waals surface area contributed by atoms with E-state index in [1.54, 1.807) is 25.3 Å². The smallest absolute Gasteiger partial charge is 0.253 e. The second-order valence-corrected chi connectivity index (χ2v) is 10.9. The molecule has 3 aromatic rings. The Hall–Kier alpha value is -2.13. The molecule has 1 saturated heterocycles. The molecule has 0 saturated carbocycles. The monoisotopic (exact) mass is 464 g/mol. The summed E-state index contributed by atoms with van der Waals surface area (Å²) in [5.41, 5.74) is 0.624. The van der Waals surface area contributed by atoms with Gasteiger partial charge in [-0.15, -0.1) is 11.3 Å². The molecule has 2 heterocycles. The molecule has 1 unspecified atom stereocenters. The van der Waals surface area contributed by atoms with E-state index in [-0.39, 0.29) is 10.1 Å². The number of benzene rings is 2. The lowest BCUT2D eigenvalue weighted by atomic mass is 10.0. The summed E-state index contributed by atoms with van der Waals surface area (Å²) in [7, 11) is -2.20. The highest BCUT2D eigenvalue weighted by Crippen LogP contribution is 2.34. The molecule has 1 N–H and O–H groups in total. The van der Waals surface area contributed by atoms with Gasteiger partial charge in [0.2, 0.25) is 5.91 Å². The molecule has 1 aliphatic heterocycles. The summed E-state index contributed by atoms with van der Waals surface area (Å²) in [4.78, 5) is 13.2. The number of thiophene rings is 1. The number of carbonyl (C=O) groups excluding carboxylic acids is 1. The van der Waals surface area contributed by atoms with E-state index in [1.807, 2.05) is 24.3 Å². The third kappa shape index (κ3) is 3.92. The van der Waals surface area contributed by atoms with Crippen LogP contribution in [0.5, 0.6) is 5.75 Å². The second kappa shape index (κ2) is 8.55. The zero-order valence-corrected chi connectivity index (χ0v) is 18.7. The number of hydrogen-bond acceptors (Lipinski definition) is 5. The van der Waals surface area contributed by atoms with Crippen molar-refractivity contribution < 1.29 is 17.9 Å². The Labute approximate surface area is 184 Å². The van der Waals surface area contributed by atoms with Crippen molar-refractivity contribution in [3.05, 3.63) is 52.9 Å². The van der Waals surface area contributed by atoms with Crippen LogP contribution in [0.1, 0.15) is 19.3 Å². The van der Waals surface area contributed by atoms with Gasteiger partial charge in [0.05, 0.1) is 11.4 Å². The van der Waals surface area contributed by atoms with E-state index in [4.69, 9.17) is 16.3 Å². The normalized spacial score (nSPS) is 17.7. The zero-order valence-electron chi connectivity index (χ0n) is 16.3. The van der Waals surface area contributed by atoms with Crippen molar-refractivity contribution in [3.8, 4) is 5.75 Å². The van der Waals surface area contributed by atoms with Crippen LogP contribution < -0.4 is 10.1 Å². The van der Waals surface area contributed by atoms with E-state index in [0.717, 1.165) is 28.5 Å². The Morgan fingerprint density at radius 1 is 1.13 bits per heavy atom. The summed E-state index contributed by atoms with van der Waals surface area (Å²) in [6.07, 6.45) is 1.98. The van der Waals surface area contributed by atoms with Crippen molar-refractivity contribution in [3.63, 3.8) is 0 Å². The molecule has 4 rings (SSSR count). The Morgan fingerprint density at radius 2 is 1.90 bits per heavy atom. The summed E-state index contributed by atoms with van der Waals surface area (Å²) in [5, 5.41) is 4.65. The maximum absolute atomic E-state index is 13.2. The molecule has 9 heteroatoms. The Balaban J connectivity index is 1.65. The van der Waals surface area contributed by atoms with E-state index in [2.05, 4.69) is 5.32 Å². The van der Waals surface area contributed by atoms with Crippen LogP contribution in [0.25, 0.3) is 10.8 Å². The van der Waals surface area contributed by atoms with Crippen LogP contribution in [0.3, 0.4) is 0 Å². The summed E-state index contributed by atoms with van der Waals surface area (Å²) in [5.74, 6) is 0.372. The number of piperidine rings is 1. The van der Waals surface area contributed by atoms with Gasteiger partial charge in [-0.2, -0.15) is 4.31 Å². The van der Waals surface area contributed by atoms with Crippen molar-refractivity contribution in [1.82, 2.24) is 4.31 Å². The van der Waals surface area contributed by atoms with E-state index >= 15 is 0 Å². The number of nitrogens with zero attached hydrogens (tertiary/aromatic N) is 1. The number of ether oxygens (including phenoxy) is 1. The average Bonchev–Trinajstić information content (AvgIpc) is 3.21. The van der Waals surface area contributed by atoms with Gasteiger partial charge in [0.25, 0.3) is 10.0 Å². The van der Waals surface area contributed by atoms with Crippen LogP contribution in [0.15, 0.2) is 52.7 Å². The number of methoxy groups -OCH3 is 1. The third-order valence-electron chi connectivity index (χ3n) is 5.23. The van der Waals surface area contributed by atoms with Crippen LogP contribution in [0.2, 0.25) is 4.34 Å². The van der Waals surface area contributed by atoms with Gasteiger partial charge < -0.3 is 10.1 Å². The standard InChI is InChI=1S/C21H21ClN2O4S2/c1-28-18-10-9-16(14-6-2-3-7-15(14)18)23-21(25)17-8-4-5-13-24(17)30(26,27)20-12-11-19(22)29-20/h2-3,6-7,9-12,17H,4-5,8,13H2,1H3,(H,23,25). The van der Waals surface area contributed by atoms with Gasteiger partial charge in [-0.3, -0.25) is 4.79 Å². The second-order valence-electron chi connectivity index (χ2n) is 7.04. The first-order valence-electron chi connectivity index (χ1n) is 9.55. The summed E-state index contributed by atoms with van der Waals surface area (Å²) in [6, 6.07) is 13.4. The van der Waals surface area contributed by atoms with Crippen molar-refractivity contribution >= 4 is 55.3 Å². The molecular weight excluding hydrogens is 444 g/mol. The molecule has 158 valence electrons. The predicted molar refractivity (Wildman–Crippen MR) is 120 cm³/mol. The number of nitrogens with one attached hydrogen (secondary N) is 1. The van der Waals surface area contributed by atoms with Gasteiger partial charge in [-0.05, 0) is 37.1 Å².